The van der Waals surface area contributed by atoms with Crippen LogP contribution < -0.4 is 10.3 Å². The van der Waals surface area contributed by atoms with Gasteiger partial charge >= 0.3 is 0 Å². The van der Waals surface area contributed by atoms with E-state index >= 15 is 0 Å². The SMILES string of the molecule is Cn1cc(-c2c[nH]nc2COc2ccc(-c3cccc4c3ncn4C)cc2)ccc1=O. The molecule has 31 heavy (non-hydrogen) atoms. The number of nitrogens with zero attached hydrogens (tertiary/aromatic N) is 4. The summed E-state index contributed by atoms with van der Waals surface area (Å²) in [5.41, 5.74) is 6.81. The Kier molecular flexibility index (Phi) is 4.63. The van der Waals surface area contributed by atoms with Crippen LogP contribution in [0, 0.1) is 0 Å². The Morgan fingerprint density at radius 1 is 0.935 bits per heavy atom. The van der Waals surface area contributed by atoms with Crippen molar-refractivity contribution in [1.82, 2.24) is 24.3 Å². The number of aromatic nitrogens is 5. The minimum Gasteiger partial charge on any atom is -0.487 e. The van der Waals surface area contributed by atoms with Crippen molar-refractivity contribution in [2.24, 2.45) is 14.1 Å². The number of imidazole rings is 1. The molecule has 0 radical (unpaired) electrons. The number of para-hydroxylation sites is 1. The van der Waals surface area contributed by atoms with Gasteiger partial charge in [0.15, 0.2) is 0 Å². The van der Waals surface area contributed by atoms with E-state index in [9.17, 15) is 4.79 Å². The number of benzene rings is 2. The normalized spacial score (nSPS) is 11.2. The Morgan fingerprint density at radius 2 is 1.74 bits per heavy atom. The number of rotatable bonds is 5. The standard InChI is InChI=1S/C24H21N5O2/c1-28-13-17(8-11-23(28)30)20-12-26-27-21(20)14-31-18-9-6-16(7-10-18)19-4-3-5-22-24(19)25-15-29(22)2/h3-13,15H,14H2,1-2H3,(H,26,27). The van der Waals surface area contributed by atoms with Crippen molar-refractivity contribution in [2.75, 3.05) is 0 Å². The molecule has 0 aliphatic rings. The van der Waals surface area contributed by atoms with Crippen molar-refractivity contribution in [2.45, 2.75) is 6.61 Å². The van der Waals surface area contributed by atoms with Crippen molar-refractivity contribution >= 4 is 11.0 Å². The predicted octanol–water partition coefficient (Wildman–Crippen LogP) is 3.91. The Hall–Kier alpha value is -4.13. The summed E-state index contributed by atoms with van der Waals surface area (Å²) in [5, 5.41) is 7.20. The lowest BCUT2D eigenvalue weighted by molar-refractivity contribution is 0.301. The molecule has 7 heteroatoms. The molecule has 0 amide bonds. The number of ether oxygens (including phenoxy) is 1. The van der Waals surface area contributed by atoms with Gasteiger partial charge in [-0.05, 0) is 29.8 Å². The monoisotopic (exact) mass is 411 g/mol. The van der Waals surface area contributed by atoms with Gasteiger partial charge in [-0.15, -0.1) is 0 Å². The number of nitrogens with one attached hydrogen (secondary N) is 1. The van der Waals surface area contributed by atoms with Gasteiger partial charge in [-0.1, -0.05) is 24.3 Å². The third-order valence-corrected chi connectivity index (χ3v) is 5.41. The number of hydrogen-bond donors (Lipinski definition) is 1. The third-order valence-electron chi connectivity index (χ3n) is 5.41. The topological polar surface area (TPSA) is 77.7 Å². The molecule has 2 aromatic carbocycles. The first-order chi connectivity index (χ1) is 15.1. The molecule has 154 valence electrons. The third kappa shape index (κ3) is 3.50. The summed E-state index contributed by atoms with van der Waals surface area (Å²) < 4.78 is 9.54. The molecular formula is C24H21N5O2. The van der Waals surface area contributed by atoms with Crippen molar-refractivity contribution in [3.05, 3.63) is 89.4 Å². The van der Waals surface area contributed by atoms with Crippen LogP contribution in [-0.4, -0.2) is 24.3 Å². The van der Waals surface area contributed by atoms with E-state index in [1.807, 2.05) is 54.5 Å². The summed E-state index contributed by atoms with van der Waals surface area (Å²) >= 11 is 0. The Bertz CT molecular complexity index is 1430. The molecule has 0 bridgehead atoms. The molecule has 0 unspecified atom stereocenters. The summed E-state index contributed by atoms with van der Waals surface area (Å²) in [6, 6.07) is 17.5. The molecule has 1 N–H and O–H groups in total. The zero-order valence-corrected chi connectivity index (χ0v) is 17.2. The zero-order chi connectivity index (χ0) is 21.4. The maximum absolute atomic E-state index is 11.6. The average Bonchev–Trinajstić information content (AvgIpc) is 3.41. The van der Waals surface area contributed by atoms with Crippen LogP contribution in [0.2, 0.25) is 0 Å². The lowest BCUT2D eigenvalue weighted by Gasteiger charge is -2.09. The second kappa shape index (κ2) is 7.60. The molecule has 0 atom stereocenters. The second-order valence-corrected chi connectivity index (χ2v) is 7.45. The fourth-order valence-corrected chi connectivity index (χ4v) is 3.70. The van der Waals surface area contributed by atoms with Crippen LogP contribution in [0.25, 0.3) is 33.3 Å². The van der Waals surface area contributed by atoms with Crippen LogP contribution in [0.1, 0.15) is 5.69 Å². The fraction of sp³-hybridized carbons (Fsp3) is 0.125. The molecule has 0 saturated heterocycles. The summed E-state index contributed by atoms with van der Waals surface area (Å²) in [4.78, 5) is 16.2. The molecule has 7 nitrogen and oxygen atoms in total. The van der Waals surface area contributed by atoms with Crippen molar-refractivity contribution in [1.29, 1.82) is 0 Å². The summed E-state index contributed by atoms with van der Waals surface area (Å²) in [5.74, 6) is 0.756. The number of H-pyrrole nitrogens is 1. The molecule has 0 aliphatic carbocycles. The van der Waals surface area contributed by atoms with Gasteiger partial charge < -0.3 is 13.9 Å². The largest absolute Gasteiger partial charge is 0.487 e. The quantitative estimate of drug-likeness (QED) is 0.476. The van der Waals surface area contributed by atoms with Gasteiger partial charge in [-0.3, -0.25) is 9.89 Å². The van der Waals surface area contributed by atoms with Crippen molar-refractivity contribution in [3.63, 3.8) is 0 Å². The minimum absolute atomic E-state index is 0.0495. The predicted molar refractivity (Wildman–Crippen MR) is 120 cm³/mol. The number of pyridine rings is 1. The Balaban J connectivity index is 1.35. The van der Waals surface area contributed by atoms with Gasteiger partial charge in [0.1, 0.15) is 18.1 Å². The molecule has 3 heterocycles. The van der Waals surface area contributed by atoms with Gasteiger partial charge in [0, 0.05) is 49.2 Å². The number of aromatic amines is 1. The molecule has 0 saturated carbocycles. The molecule has 3 aromatic heterocycles. The highest BCUT2D eigenvalue weighted by Crippen LogP contribution is 2.29. The summed E-state index contributed by atoms with van der Waals surface area (Å²) in [6.07, 6.45) is 5.44. The maximum atomic E-state index is 11.6. The van der Waals surface area contributed by atoms with E-state index in [0.29, 0.717) is 6.61 Å². The molecular weight excluding hydrogens is 390 g/mol. The Labute approximate surface area is 178 Å². The van der Waals surface area contributed by atoms with Crippen LogP contribution in [0.4, 0.5) is 0 Å². The van der Waals surface area contributed by atoms with Crippen LogP contribution in [0.3, 0.4) is 0 Å². The molecule has 5 rings (SSSR count). The van der Waals surface area contributed by atoms with Gasteiger partial charge in [0.05, 0.1) is 17.4 Å². The summed E-state index contributed by atoms with van der Waals surface area (Å²) in [7, 11) is 3.73. The van der Waals surface area contributed by atoms with E-state index in [4.69, 9.17) is 4.74 Å². The maximum Gasteiger partial charge on any atom is 0.250 e. The van der Waals surface area contributed by atoms with E-state index in [-0.39, 0.29) is 5.56 Å². The number of aryl methyl sites for hydroxylation is 2. The zero-order valence-electron chi connectivity index (χ0n) is 17.2. The van der Waals surface area contributed by atoms with E-state index in [0.717, 1.165) is 44.7 Å². The number of fused-ring (bicyclic) bond motifs is 1. The molecule has 0 aliphatic heterocycles. The highest BCUT2D eigenvalue weighted by atomic mass is 16.5. The first-order valence-corrected chi connectivity index (χ1v) is 9.93. The minimum atomic E-state index is -0.0495. The van der Waals surface area contributed by atoms with Crippen molar-refractivity contribution < 1.29 is 4.74 Å². The smallest absolute Gasteiger partial charge is 0.250 e. The Morgan fingerprint density at radius 3 is 2.55 bits per heavy atom. The lowest BCUT2D eigenvalue weighted by atomic mass is 10.0. The van der Waals surface area contributed by atoms with Gasteiger partial charge in [-0.25, -0.2) is 4.98 Å². The van der Waals surface area contributed by atoms with E-state index in [1.165, 1.54) is 0 Å². The van der Waals surface area contributed by atoms with Crippen LogP contribution in [0.15, 0.2) is 78.1 Å². The van der Waals surface area contributed by atoms with Crippen LogP contribution >= 0.6 is 0 Å². The first kappa shape index (κ1) is 18.9. The van der Waals surface area contributed by atoms with Crippen LogP contribution in [0.5, 0.6) is 5.75 Å². The van der Waals surface area contributed by atoms with E-state index in [1.54, 1.807) is 29.9 Å². The van der Waals surface area contributed by atoms with E-state index < -0.39 is 0 Å². The van der Waals surface area contributed by atoms with Crippen LogP contribution in [-0.2, 0) is 20.7 Å². The summed E-state index contributed by atoms with van der Waals surface area (Å²) in [6.45, 7) is 0.316. The van der Waals surface area contributed by atoms with Gasteiger partial charge in [-0.2, -0.15) is 5.10 Å². The fourth-order valence-electron chi connectivity index (χ4n) is 3.70. The van der Waals surface area contributed by atoms with Gasteiger partial charge in [0.2, 0.25) is 5.56 Å². The average molecular weight is 411 g/mol. The molecule has 0 fully saturated rings. The lowest BCUT2D eigenvalue weighted by Crippen LogP contribution is -2.14. The van der Waals surface area contributed by atoms with Gasteiger partial charge in [0.25, 0.3) is 0 Å². The number of hydrogen-bond acceptors (Lipinski definition) is 4. The molecule has 5 aromatic rings. The highest BCUT2D eigenvalue weighted by Gasteiger charge is 2.11. The highest BCUT2D eigenvalue weighted by molar-refractivity contribution is 5.92. The first-order valence-electron chi connectivity index (χ1n) is 9.93. The van der Waals surface area contributed by atoms with Crippen molar-refractivity contribution in [3.8, 4) is 28.0 Å². The molecule has 0 spiro atoms. The van der Waals surface area contributed by atoms with E-state index in [2.05, 4.69) is 27.3 Å². The second-order valence-electron chi connectivity index (χ2n) is 7.45.